The Morgan fingerprint density at radius 1 is 1.27 bits per heavy atom. The Labute approximate surface area is 222 Å². The van der Waals surface area contributed by atoms with Crippen molar-refractivity contribution in [3.05, 3.63) is 63.5 Å². The number of thiazole rings is 2. The van der Waals surface area contributed by atoms with E-state index in [1.54, 1.807) is 0 Å². The smallest absolute Gasteiger partial charge is 0.274 e. The highest BCUT2D eigenvalue weighted by molar-refractivity contribution is 7.16. The number of aliphatic hydroxyl groups excluding tert-OH is 1. The van der Waals surface area contributed by atoms with E-state index in [4.69, 9.17) is 5.11 Å². The van der Waals surface area contributed by atoms with Gasteiger partial charge in [0.25, 0.3) is 11.8 Å². The number of carbonyl (C=O) groups is 2. The second kappa shape index (κ2) is 9.41. The van der Waals surface area contributed by atoms with Crippen LogP contribution in [0.5, 0.6) is 0 Å². The van der Waals surface area contributed by atoms with Crippen molar-refractivity contribution in [3.8, 4) is 22.3 Å². The first-order chi connectivity index (χ1) is 17.9. The molecule has 0 spiro atoms. The SMILES string of the molecule is Cc1cccc(-c2sc(C#CCO)nc2C(=O)N2C[C@H]3C[C@H]3[C@H]2CNC(=O)c2c(C)nc3sccn23)c1. The van der Waals surface area contributed by atoms with E-state index in [1.807, 2.05) is 59.0 Å². The third-order valence-corrected chi connectivity index (χ3v) is 8.85. The minimum atomic E-state index is -0.270. The first-order valence-electron chi connectivity index (χ1n) is 12.1. The van der Waals surface area contributed by atoms with Crippen molar-refractivity contribution in [1.82, 2.24) is 24.6 Å². The molecule has 2 amide bonds. The first kappa shape index (κ1) is 23.9. The molecule has 10 heteroatoms. The molecule has 4 heterocycles. The van der Waals surface area contributed by atoms with E-state index in [0.717, 1.165) is 27.4 Å². The predicted molar refractivity (Wildman–Crippen MR) is 143 cm³/mol. The summed E-state index contributed by atoms with van der Waals surface area (Å²) in [4.78, 5) is 39.5. The monoisotopic (exact) mass is 531 g/mol. The molecular weight excluding hydrogens is 506 g/mol. The van der Waals surface area contributed by atoms with E-state index in [2.05, 4.69) is 27.1 Å². The van der Waals surface area contributed by atoms with E-state index in [-0.39, 0.29) is 24.5 Å². The van der Waals surface area contributed by atoms with Crippen LogP contribution in [0.2, 0.25) is 0 Å². The Morgan fingerprint density at radius 2 is 2.14 bits per heavy atom. The van der Waals surface area contributed by atoms with Crippen LogP contribution in [-0.2, 0) is 0 Å². The molecule has 3 atom stereocenters. The normalized spacial score (nSPS) is 20.0. The third kappa shape index (κ3) is 4.33. The number of amides is 2. The lowest BCUT2D eigenvalue weighted by molar-refractivity contribution is 0.0690. The van der Waals surface area contributed by atoms with Crippen LogP contribution in [0.15, 0.2) is 35.8 Å². The minimum Gasteiger partial charge on any atom is -0.384 e. The van der Waals surface area contributed by atoms with Gasteiger partial charge in [-0.2, -0.15) is 0 Å². The predicted octanol–water partition coefficient (Wildman–Crippen LogP) is 3.37. The average Bonchev–Trinajstić information content (AvgIpc) is 3.23. The highest BCUT2D eigenvalue weighted by Crippen LogP contribution is 2.50. The quantitative estimate of drug-likeness (QED) is 0.385. The molecule has 37 heavy (non-hydrogen) atoms. The Hall–Kier alpha value is -3.52. The van der Waals surface area contributed by atoms with Gasteiger partial charge in [0.15, 0.2) is 9.97 Å². The van der Waals surface area contributed by atoms with Gasteiger partial charge in [-0.15, -0.1) is 22.7 Å². The van der Waals surface area contributed by atoms with Crippen LogP contribution in [0.4, 0.5) is 0 Å². The molecule has 1 aliphatic carbocycles. The van der Waals surface area contributed by atoms with Gasteiger partial charge < -0.3 is 15.3 Å². The number of rotatable bonds is 5. The van der Waals surface area contributed by atoms with Crippen molar-refractivity contribution in [2.75, 3.05) is 19.7 Å². The maximum absolute atomic E-state index is 13.9. The zero-order valence-corrected chi connectivity index (χ0v) is 22.0. The second-order valence-electron chi connectivity index (χ2n) is 9.52. The van der Waals surface area contributed by atoms with Gasteiger partial charge >= 0.3 is 0 Å². The molecule has 6 rings (SSSR count). The molecule has 0 bridgehead atoms. The van der Waals surface area contributed by atoms with Crippen LogP contribution in [0, 0.1) is 37.5 Å². The fraction of sp³-hybridized carbons (Fsp3) is 0.333. The van der Waals surface area contributed by atoms with Crippen molar-refractivity contribution in [1.29, 1.82) is 0 Å². The van der Waals surface area contributed by atoms with Gasteiger partial charge in [0, 0.05) is 24.7 Å². The topological polar surface area (TPSA) is 99.8 Å². The van der Waals surface area contributed by atoms with Gasteiger partial charge in [-0.25, -0.2) is 9.97 Å². The largest absolute Gasteiger partial charge is 0.384 e. The zero-order chi connectivity index (χ0) is 25.7. The summed E-state index contributed by atoms with van der Waals surface area (Å²) in [7, 11) is 0. The van der Waals surface area contributed by atoms with Crippen molar-refractivity contribution in [3.63, 3.8) is 0 Å². The van der Waals surface area contributed by atoms with E-state index < -0.39 is 0 Å². The molecule has 188 valence electrons. The van der Waals surface area contributed by atoms with Gasteiger partial charge in [-0.05, 0) is 43.6 Å². The van der Waals surface area contributed by atoms with Gasteiger partial charge in [-0.1, -0.05) is 35.7 Å². The molecule has 2 aliphatic rings. The van der Waals surface area contributed by atoms with Crippen LogP contribution < -0.4 is 5.32 Å². The Bertz CT molecular complexity index is 1590. The summed E-state index contributed by atoms with van der Waals surface area (Å²) in [5, 5.41) is 14.6. The lowest BCUT2D eigenvalue weighted by Gasteiger charge is -2.27. The summed E-state index contributed by atoms with van der Waals surface area (Å²) in [5.74, 6) is 6.01. The van der Waals surface area contributed by atoms with Crippen LogP contribution in [0.1, 0.15) is 43.7 Å². The van der Waals surface area contributed by atoms with Crippen molar-refractivity contribution >= 4 is 39.4 Å². The number of likely N-dealkylation sites (tertiary alicyclic amines) is 1. The Morgan fingerprint density at radius 3 is 2.95 bits per heavy atom. The van der Waals surface area contributed by atoms with Crippen LogP contribution in [0.3, 0.4) is 0 Å². The number of piperidine rings is 1. The van der Waals surface area contributed by atoms with Crippen LogP contribution >= 0.6 is 22.7 Å². The number of hydrogen-bond acceptors (Lipinski definition) is 7. The van der Waals surface area contributed by atoms with Gasteiger partial charge in [0.2, 0.25) is 0 Å². The molecule has 2 fully saturated rings. The number of aromatic nitrogens is 3. The van der Waals surface area contributed by atoms with Gasteiger partial charge in [-0.3, -0.25) is 14.0 Å². The molecule has 1 saturated carbocycles. The summed E-state index contributed by atoms with van der Waals surface area (Å²) in [5.41, 5.74) is 3.61. The molecular formula is C27H25N5O3S2. The van der Waals surface area contributed by atoms with Crippen molar-refractivity contribution in [2.45, 2.75) is 26.3 Å². The van der Waals surface area contributed by atoms with Gasteiger partial charge in [0.1, 0.15) is 18.0 Å². The van der Waals surface area contributed by atoms with E-state index in [9.17, 15) is 9.59 Å². The molecule has 1 aromatic carbocycles. The number of imidazole rings is 1. The number of aryl methyl sites for hydroxylation is 2. The van der Waals surface area contributed by atoms with Crippen LogP contribution in [-0.4, -0.2) is 61.9 Å². The highest BCUT2D eigenvalue weighted by atomic mass is 32.1. The number of aliphatic hydroxyl groups is 1. The standard InChI is InChI=1S/C27H25N5O3S2/c1-15-5-3-6-17(11-15)24-22(30-21(37-24)7-4-9-33)26(35)32-14-18-12-19(18)20(32)13-28-25(34)23-16(2)29-27-31(23)8-10-36-27/h3,5-6,8,10-11,18-20,33H,9,12-14H2,1-2H3,(H,28,34)/t18-,19-,20-/m1/s1. The summed E-state index contributed by atoms with van der Waals surface area (Å²) in [6.07, 6.45) is 2.92. The van der Waals surface area contributed by atoms with E-state index >= 15 is 0 Å². The number of nitrogens with one attached hydrogen (secondary N) is 1. The number of carbonyl (C=O) groups excluding carboxylic acids is 2. The van der Waals surface area contributed by atoms with Gasteiger partial charge in [0.05, 0.1) is 16.6 Å². The molecule has 0 radical (unpaired) electrons. The van der Waals surface area contributed by atoms with Crippen molar-refractivity contribution in [2.24, 2.45) is 11.8 Å². The number of fused-ring (bicyclic) bond motifs is 2. The molecule has 0 unspecified atom stereocenters. The molecule has 4 aromatic rings. The molecule has 2 N–H and O–H groups in total. The molecule has 1 aliphatic heterocycles. The van der Waals surface area contributed by atoms with Crippen LogP contribution in [0.25, 0.3) is 15.4 Å². The third-order valence-electron chi connectivity index (χ3n) is 7.07. The minimum absolute atomic E-state index is 0.0910. The van der Waals surface area contributed by atoms with Crippen molar-refractivity contribution < 1.29 is 14.7 Å². The average molecular weight is 532 g/mol. The highest BCUT2D eigenvalue weighted by Gasteiger charge is 2.54. The molecule has 1 saturated heterocycles. The summed E-state index contributed by atoms with van der Waals surface area (Å²) < 4.78 is 1.81. The molecule has 8 nitrogen and oxygen atoms in total. The Kier molecular flexibility index (Phi) is 6.07. The maximum atomic E-state index is 13.9. The summed E-state index contributed by atoms with van der Waals surface area (Å²) in [6.45, 7) is 4.62. The fourth-order valence-corrected chi connectivity index (χ4v) is 6.95. The fourth-order valence-electron chi connectivity index (χ4n) is 5.27. The lowest BCUT2D eigenvalue weighted by atomic mass is 10.1. The Balaban J connectivity index is 1.26. The van der Waals surface area contributed by atoms with E-state index in [0.29, 0.717) is 47.0 Å². The lowest BCUT2D eigenvalue weighted by Crippen LogP contribution is -2.46. The number of hydrogen-bond donors (Lipinski definition) is 2. The maximum Gasteiger partial charge on any atom is 0.274 e. The van der Waals surface area contributed by atoms with E-state index in [1.165, 1.54) is 22.7 Å². The second-order valence-corrected chi connectivity index (χ2v) is 11.4. The number of benzene rings is 1. The zero-order valence-electron chi connectivity index (χ0n) is 20.4. The number of nitrogens with zero attached hydrogens (tertiary/aromatic N) is 4. The first-order valence-corrected chi connectivity index (χ1v) is 13.8. The summed E-state index contributed by atoms with van der Waals surface area (Å²) in [6, 6.07) is 7.89. The summed E-state index contributed by atoms with van der Waals surface area (Å²) >= 11 is 2.85. The molecule has 3 aromatic heterocycles.